The van der Waals surface area contributed by atoms with E-state index in [-0.39, 0.29) is 17.9 Å². The van der Waals surface area contributed by atoms with Gasteiger partial charge in [-0.3, -0.25) is 9.69 Å². The Balaban J connectivity index is 2.02. The molecule has 2 rings (SSSR count). The Bertz CT molecular complexity index is 467. The lowest BCUT2D eigenvalue weighted by atomic mass is 10.00. The van der Waals surface area contributed by atoms with E-state index in [0.29, 0.717) is 6.54 Å². The molecule has 0 aliphatic carbocycles. The normalized spacial score (nSPS) is 23.2. The van der Waals surface area contributed by atoms with Crippen molar-refractivity contribution in [2.24, 2.45) is 11.7 Å². The SMILES string of the molecule is CC(C)(C)OC(=O)C1CCN(Cc2ccccc2)C1CN. The fourth-order valence-corrected chi connectivity index (χ4v) is 2.90. The number of hydrogen-bond donors (Lipinski definition) is 1. The molecular weight excluding hydrogens is 264 g/mol. The molecule has 1 saturated heterocycles. The molecule has 0 spiro atoms. The molecule has 1 fully saturated rings. The molecule has 0 bridgehead atoms. The molecule has 2 unspecified atom stereocenters. The highest BCUT2D eigenvalue weighted by atomic mass is 16.6. The van der Waals surface area contributed by atoms with Crippen LogP contribution in [0.3, 0.4) is 0 Å². The van der Waals surface area contributed by atoms with Crippen LogP contribution in [0.5, 0.6) is 0 Å². The van der Waals surface area contributed by atoms with Gasteiger partial charge in [-0.2, -0.15) is 0 Å². The minimum atomic E-state index is -0.441. The molecule has 1 aliphatic heterocycles. The molecule has 21 heavy (non-hydrogen) atoms. The first-order valence-electron chi connectivity index (χ1n) is 7.61. The van der Waals surface area contributed by atoms with Crippen LogP contribution in [0.15, 0.2) is 30.3 Å². The molecule has 2 atom stereocenters. The molecule has 1 aliphatic rings. The van der Waals surface area contributed by atoms with E-state index in [1.54, 1.807) is 0 Å². The third-order valence-corrected chi connectivity index (χ3v) is 3.84. The Morgan fingerprint density at radius 3 is 2.57 bits per heavy atom. The van der Waals surface area contributed by atoms with E-state index in [1.165, 1.54) is 5.56 Å². The van der Waals surface area contributed by atoms with Crippen LogP contribution in [-0.2, 0) is 16.1 Å². The zero-order chi connectivity index (χ0) is 15.5. The summed E-state index contributed by atoms with van der Waals surface area (Å²) in [7, 11) is 0. The first-order valence-corrected chi connectivity index (χ1v) is 7.61. The zero-order valence-electron chi connectivity index (χ0n) is 13.2. The van der Waals surface area contributed by atoms with Gasteiger partial charge in [0.15, 0.2) is 0 Å². The van der Waals surface area contributed by atoms with Gasteiger partial charge in [-0.25, -0.2) is 0 Å². The van der Waals surface area contributed by atoms with E-state index >= 15 is 0 Å². The molecular formula is C17H26N2O2. The molecule has 4 nitrogen and oxygen atoms in total. The van der Waals surface area contributed by atoms with E-state index in [2.05, 4.69) is 17.0 Å². The highest BCUT2D eigenvalue weighted by Gasteiger charge is 2.39. The van der Waals surface area contributed by atoms with Crippen molar-refractivity contribution in [3.8, 4) is 0 Å². The van der Waals surface area contributed by atoms with Crippen molar-refractivity contribution >= 4 is 5.97 Å². The summed E-state index contributed by atoms with van der Waals surface area (Å²) < 4.78 is 5.53. The van der Waals surface area contributed by atoms with Crippen LogP contribution in [0.4, 0.5) is 0 Å². The monoisotopic (exact) mass is 290 g/mol. The lowest BCUT2D eigenvalue weighted by Crippen LogP contribution is -2.42. The molecule has 0 radical (unpaired) electrons. The first-order chi connectivity index (χ1) is 9.90. The van der Waals surface area contributed by atoms with E-state index in [0.717, 1.165) is 19.5 Å². The maximum Gasteiger partial charge on any atom is 0.311 e. The Morgan fingerprint density at radius 1 is 1.33 bits per heavy atom. The van der Waals surface area contributed by atoms with Gasteiger partial charge in [0.05, 0.1) is 5.92 Å². The number of ether oxygens (including phenoxy) is 1. The smallest absolute Gasteiger partial charge is 0.311 e. The van der Waals surface area contributed by atoms with Gasteiger partial charge in [0, 0.05) is 19.1 Å². The molecule has 0 amide bonds. The number of likely N-dealkylation sites (tertiary alicyclic amines) is 1. The van der Waals surface area contributed by atoms with E-state index in [9.17, 15) is 4.79 Å². The molecule has 0 saturated carbocycles. The van der Waals surface area contributed by atoms with E-state index in [1.807, 2.05) is 39.0 Å². The van der Waals surface area contributed by atoms with Crippen molar-refractivity contribution in [2.45, 2.75) is 45.4 Å². The minimum Gasteiger partial charge on any atom is -0.460 e. The van der Waals surface area contributed by atoms with Gasteiger partial charge in [0.2, 0.25) is 0 Å². The van der Waals surface area contributed by atoms with Gasteiger partial charge >= 0.3 is 5.97 Å². The number of carbonyl (C=O) groups is 1. The van der Waals surface area contributed by atoms with Gasteiger partial charge in [-0.05, 0) is 39.3 Å². The Labute approximate surface area is 127 Å². The van der Waals surface area contributed by atoms with Crippen LogP contribution in [0.1, 0.15) is 32.8 Å². The van der Waals surface area contributed by atoms with E-state index < -0.39 is 5.60 Å². The van der Waals surface area contributed by atoms with Gasteiger partial charge in [0.25, 0.3) is 0 Å². The van der Waals surface area contributed by atoms with Gasteiger partial charge in [-0.15, -0.1) is 0 Å². The lowest BCUT2D eigenvalue weighted by molar-refractivity contribution is -0.160. The second-order valence-corrected chi connectivity index (χ2v) is 6.69. The van der Waals surface area contributed by atoms with Crippen LogP contribution >= 0.6 is 0 Å². The summed E-state index contributed by atoms with van der Waals surface area (Å²) >= 11 is 0. The Kier molecular flexibility index (Phi) is 5.01. The average molecular weight is 290 g/mol. The van der Waals surface area contributed by atoms with Gasteiger partial charge in [-0.1, -0.05) is 30.3 Å². The van der Waals surface area contributed by atoms with Crippen LogP contribution < -0.4 is 5.73 Å². The Morgan fingerprint density at radius 2 is 2.00 bits per heavy atom. The van der Waals surface area contributed by atoms with Crippen LogP contribution in [-0.4, -0.2) is 35.6 Å². The van der Waals surface area contributed by atoms with Crippen LogP contribution in [0.2, 0.25) is 0 Å². The van der Waals surface area contributed by atoms with Crippen molar-refractivity contribution in [1.82, 2.24) is 4.90 Å². The van der Waals surface area contributed by atoms with Gasteiger partial charge < -0.3 is 10.5 Å². The average Bonchev–Trinajstić information content (AvgIpc) is 2.81. The second kappa shape index (κ2) is 6.58. The summed E-state index contributed by atoms with van der Waals surface area (Å²) in [6.07, 6.45) is 0.823. The summed E-state index contributed by atoms with van der Waals surface area (Å²) in [6.45, 7) is 7.91. The minimum absolute atomic E-state index is 0.0695. The third kappa shape index (κ3) is 4.29. The van der Waals surface area contributed by atoms with Crippen LogP contribution in [0, 0.1) is 5.92 Å². The van der Waals surface area contributed by atoms with Crippen LogP contribution in [0.25, 0.3) is 0 Å². The molecule has 116 valence electrons. The highest BCUT2D eigenvalue weighted by Crippen LogP contribution is 2.28. The van der Waals surface area contributed by atoms with Crippen molar-refractivity contribution in [3.05, 3.63) is 35.9 Å². The first kappa shape index (κ1) is 16.0. The Hall–Kier alpha value is -1.39. The fraction of sp³-hybridized carbons (Fsp3) is 0.588. The summed E-state index contributed by atoms with van der Waals surface area (Å²) in [4.78, 5) is 14.6. The van der Waals surface area contributed by atoms with Crippen molar-refractivity contribution in [1.29, 1.82) is 0 Å². The number of nitrogens with zero attached hydrogens (tertiary/aromatic N) is 1. The van der Waals surface area contributed by atoms with Gasteiger partial charge in [0.1, 0.15) is 5.60 Å². The molecule has 1 aromatic carbocycles. The number of benzene rings is 1. The standard InChI is InChI=1S/C17H26N2O2/c1-17(2,3)21-16(20)14-9-10-19(15(14)11-18)12-13-7-5-4-6-8-13/h4-8,14-15H,9-12,18H2,1-3H3. The lowest BCUT2D eigenvalue weighted by Gasteiger charge is -2.28. The highest BCUT2D eigenvalue weighted by molar-refractivity contribution is 5.74. The summed E-state index contributed by atoms with van der Waals surface area (Å²) in [6, 6.07) is 10.4. The van der Waals surface area contributed by atoms with E-state index in [4.69, 9.17) is 10.5 Å². The number of hydrogen-bond acceptors (Lipinski definition) is 4. The molecule has 4 heteroatoms. The summed E-state index contributed by atoms with van der Waals surface area (Å²) in [5.74, 6) is -0.230. The van der Waals surface area contributed by atoms with Crippen molar-refractivity contribution in [3.63, 3.8) is 0 Å². The fourth-order valence-electron chi connectivity index (χ4n) is 2.90. The van der Waals surface area contributed by atoms with Crippen molar-refractivity contribution in [2.75, 3.05) is 13.1 Å². The predicted octanol–water partition coefficient (Wildman–Crippen LogP) is 2.18. The zero-order valence-corrected chi connectivity index (χ0v) is 13.2. The maximum atomic E-state index is 12.3. The molecule has 2 N–H and O–H groups in total. The third-order valence-electron chi connectivity index (χ3n) is 3.84. The topological polar surface area (TPSA) is 55.6 Å². The number of rotatable bonds is 4. The number of esters is 1. The predicted molar refractivity (Wildman–Crippen MR) is 83.6 cm³/mol. The van der Waals surface area contributed by atoms with Crippen molar-refractivity contribution < 1.29 is 9.53 Å². The summed E-state index contributed by atoms with van der Waals surface area (Å²) in [5.41, 5.74) is 6.73. The summed E-state index contributed by atoms with van der Waals surface area (Å²) in [5, 5.41) is 0. The maximum absolute atomic E-state index is 12.3. The largest absolute Gasteiger partial charge is 0.460 e. The second-order valence-electron chi connectivity index (χ2n) is 6.69. The molecule has 1 aromatic rings. The molecule has 0 aromatic heterocycles. The number of nitrogens with two attached hydrogens (primary N) is 1. The quantitative estimate of drug-likeness (QED) is 0.864. The number of carbonyl (C=O) groups excluding carboxylic acids is 1. The molecule has 1 heterocycles.